The molecule has 0 saturated carbocycles. The van der Waals surface area contributed by atoms with Gasteiger partial charge in [-0.1, -0.05) is 18.2 Å². The molecule has 0 aliphatic carbocycles. The first kappa shape index (κ1) is 11.0. The first-order valence-electron chi connectivity index (χ1n) is 4.84. The Balaban J connectivity index is 2.01. The quantitative estimate of drug-likeness (QED) is 0.789. The van der Waals surface area contributed by atoms with Crippen LogP contribution in [0.1, 0.15) is 5.56 Å². The average Bonchev–Trinajstić information content (AvgIpc) is 2.81. The fourth-order valence-corrected chi connectivity index (χ4v) is 1.20. The molecule has 1 amide bonds. The molecule has 5 nitrogen and oxygen atoms in total. The number of hydrogen-bond donors (Lipinski definition) is 2. The zero-order valence-electron chi connectivity index (χ0n) is 8.72. The number of rotatable bonds is 3. The van der Waals surface area contributed by atoms with Crippen molar-refractivity contribution in [3.8, 4) is 0 Å². The monoisotopic (exact) mass is 232 g/mol. The maximum absolute atomic E-state index is 13.2. The molecule has 6 heteroatoms. The summed E-state index contributed by atoms with van der Waals surface area (Å²) < 4.78 is 13.2. The molecule has 0 radical (unpaired) electrons. The van der Waals surface area contributed by atoms with Gasteiger partial charge in [-0.3, -0.25) is 10.1 Å². The third kappa shape index (κ3) is 2.97. The molecule has 0 aliphatic heterocycles. The second-order valence-corrected chi connectivity index (χ2v) is 3.18. The van der Waals surface area contributed by atoms with E-state index in [1.54, 1.807) is 18.2 Å². The number of anilines is 1. The van der Waals surface area contributed by atoms with Crippen LogP contribution in [0.15, 0.2) is 36.7 Å². The third-order valence-corrected chi connectivity index (χ3v) is 1.98. The van der Waals surface area contributed by atoms with Gasteiger partial charge in [0.1, 0.15) is 12.1 Å². The zero-order chi connectivity index (χ0) is 12.1. The lowest BCUT2D eigenvalue weighted by molar-refractivity contribution is -0.111. The summed E-state index contributed by atoms with van der Waals surface area (Å²) in [5, 5.41) is 8.48. The Bertz CT molecular complexity index is 536. The van der Waals surface area contributed by atoms with E-state index in [0.717, 1.165) is 0 Å². The Hall–Kier alpha value is -2.50. The van der Waals surface area contributed by atoms with Gasteiger partial charge in [0.2, 0.25) is 5.95 Å². The van der Waals surface area contributed by atoms with E-state index in [-0.39, 0.29) is 11.8 Å². The normalized spacial score (nSPS) is 10.6. The molecule has 0 fully saturated rings. The Kier molecular flexibility index (Phi) is 3.25. The number of amides is 1. The average molecular weight is 232 g/mol. The first-order chi connectivity index (χ1) is 8.25. The molecule has 0 spiro atoms. The second-order valence-electron chi connectivity index (χ2n) is 3.18. The van der Waals surface area contributed by atoms with Gasteiger partial charge in [0.05, 0.1) is 0 Å². The number of aromatic nitrogens is 3. The number of nitrogens with zero attached hydrogens (tertiary/aromatic N) is 2. The minimum Gasteiger partial charge on any atom is -0.291 e. The van der Waals surface area contributed by atoms with Crippen molar-refractivity contribution in [3.05, 3.63) is 48.0 Å². The molecule has 17 heavy (non-hydrogen) atoms. The van der Waals surface area contributed by atoms with E-state index >= 15 is 0 Å². The number of benzene rings is 1. The molecule has 2 rings (SSSR count). The molecule has 0 atom stereocenters. The highest BCUT2D eigenvalue weighted by Gasteiger charge is 2.00. The Morgan fingerprint density at radius 2 is 2.24 bits per heavy atom. The van der Waals surface area contributed by atoms with Crippen molar-refractivity contribution < 1.29 is 9.18 Å². The lowest BCUT2D eigenvalue weighted by Gasteiger charge is -1.96. The van der Waals surface area contributed by atoms with Crippen LogP contribution < -0.4 is 5.32 Å². The summed E-state index contributed by atoms with van der Waals surface area (Å²) in [4.78, 5) is 15.1. The van der Waals surface area contributed by atoms with Gasteiger partial charge in [-0.25, -0.2) is 9.49 Å². The molecule has 1 aromatic heterocycles. The summed E-state index contributed by atoms with van der Waals surface area (Å²) in [6.07, 6.45) is 3.89. The number of aromatic amines is 1. The highest BCUT2D eigenvalue weighted by atomic mass is 19.1. The molecular formula is C11H9FN4O. The van der Waals surface area contributed by atoms with Crippen molar-refractivity contribution in [1.82, 2.24) is 15.2 Å². The summed E-state index contributed by atoms with van der Waals surface area (Å²) in [5.41, 5.74) is 0.347. The summed E-state index contributed by atoms with van der Waals surface area (Å²) >= 11 is 0. The third-order valence-electron chi connectivity index (χ3n) is 1.98. The SMILES string of the molecule is O=C(/C=C/c1ccccc1F)Nc1ncn[nH]1. The number of carbonyl (C=O) groups is 1. The summed E-state index contributed by atoms with van der Waals surface area (Å²) in [5.74, 6) is -0.547. The number of H-pyrrole nitrogens is 1. The minimum atomic E-state index is -0.412. The molecule has 0 unspecified atom stereocenters. The van der Waals surface area contributed by atoms with Crippen molar-refractivity contribution >= 4 is 17.9 Å². The first-order valence-corrected chi connectivity index (χ1v) is 4.84. The van der Waals surface area contributed by atoms with Gasteiger partial charge in [-0.05, 0) is 12.1 Å². The van der Waals surface area contributed by atoms with E-state index in [1.807, 2.05) is 0 Å². The van der Waals surface area contributed by atoms with E-state index in [2.05, 4.69) is 20.5 Å². The van der Waals surface area contributed by atoms with Crippen LogP contribution in [0.2, 0.25) is 0 Å². The second kappa shape index (κ2) is 5.02. The standard InChI is InChI=1S/C11H9FN4O/c12-9-4-2-1-3-8(9)5-6-10(17)15-11-13-7-14-16-11/h1-7H,(H2,13,14,15,16,17)/b6-5+. The van der Waals surface area contributed by atoms with E-state index < -0.39 is 5.91 Å². The maximum atomic E-state index is 13.2. The van der Waals surface area contributed by atoms with E-state index in [4.69, 9.17) is 0 Å². The highest BCUT2D eigenvalue weighted by molar-refractivity contribution is 6.00. The van der Waals surface area contributed by atoms with Gasteiger partial charge in [-0.2, -0.15) is 10.1 Å². The fraction of sp³-hybridized carbons (Fsp3) is 0. The van der Waals surface area contributed by atoms with Crippen LogP contribution in [-0.2, 0) is 4.79 Å². The maximum Gasteiger partial charge on any atom is 0.250 e. The highest BCUT2D eigenvalue weighted by Crippen LogP contribution is 2.08. The van der Waals surface area contributed by atoms with Crippen molar-refractivity contribution in [2.75, 3.05) is 5.32 Å². The van der Waals surface area contributed by atoms with Crippen molar-refractivity contribution in [2.45, 2.75) is 0 Å². The summed E-state index contributed by atoms with van der Waals surface area (Å²) in [6.45, 7) is 0. The molecular weight excluding hydrogens is 223 g/mol. The van der Waals surface area contributed by atoms with Crippen LogP contribution in [-0.4, -0.2) is 21.1 Å². The number of nitrogens with one attached hydrogen (secondary N) is 2. The molecule has 0 saturated heterocycles. The molecule has 0 aliphatic rings. The van der Waals surface area contributed by atoms with Gasteiger partial charge in [-0.15, -0.1) is 0 Å². The predicted octanol–water partition coefficient (Wildman–Crippen LogP) is 1.60. The number of halogens is 1. The van der Waals surface area contributed by atoms with Crippen LogP contribution in [0.25, 0.3) is 6.08 Å². The van der Waals surface area contributed by atoms with Crippen LogP contribution in [0.4, 0.5) is 10.3 Å². The van der Waals surface area contributed by atoms with Gasteiger partial charge in [0.25, 0.3) is 5.91 Å². The molecule has 2 N–H and O–H groups in total. The molecule has 2 aromatic rings. The fourth-order valence-electron chi connectivity index (χ4n) is 1.20. The predicted molar refractivity (Wildman–Crippen MR) is 60.4 cm³/mol. The largest absolute Gasteiger partial charge is 0.291 e. The lowest BCUT2D eigenvalue weighted by Crippen LogP contribution is -2.09. The Morgan fingerprint density at radius 3 is 2.94 bits per heavy atom. The summed E-state index contributed by atoms with van der Waals surface area (Å²) in [7, 11) is 0. The van der Waals surface area contributed by atoms with Gasteiger partial charge in [0.15, 0.2) is 0 Å². The van der Waals surface area contributed by atoms with Crippen LogP contribution >= 0.6 is 0 Å². The van der Waals surface area contributed by atoms with Crippen LogP contribution in [0, 0.1) is 5.82 Å². The van der Waals surface area contributed by atoms with E-state index in [0.29, 0.717) is 5.56 Å². The molecule has 1 aromatic carbocycles. The van der Waals surface area contributed by atoms with Crippen LogP contribution in [0.3, 0.4) is 0 Å². The minimum absolute atomic E-state index is 0.244. The van der Waals surface area contributed by atoms with Gasteiger partial charge >= 0.3 is 0 Å². The van der Waals surface area contributed by atoms with Crippen molar-refractivity contribution in [1.29, 1.82) is 0 Å². The lowest BCUT2D eigenvalue weighted by atomic mass is 10.2. The smallest absolute Gasteiger partial charge is 0.250 e. The molecule has 86 valence electrons. The van der Waals surface area contributed by atoms with Crippen LogP contribution in [0.5, 0.6) is 0 Å². The number of carbonyl (C=O) groups excluding carboxylic acids is 1. The van der Waals surface area contributed by atoms with Crippen molar-refractivity contribution in [3.63, 3.8) is 0 Å². The Morgan fingerprint density at radius 1 is 1.41 bits per heavy atom. The Labute approximate surface area is 96.4 Å². The van der Waals surface area contributed by atoms with E-state index in [9.17, 15) is 9.18 Å². The molecule has 0 bridgehead atoms. The topological polar surface area (TPSA) is 70.7 Å². The zero-order valence-corrected chi connectivity index (χ0v) is 8.72. The summed E-state index contributed by atoms with van der Waals surface area (Å²) in [6, 6.07) is 6.18. The van der Waals surface area contributed by atoms with Crippen molar-refractivity contribution in [2.24, 2.45) is 0 Å². The van der Waals surface area contributed by atoms with E-state index in [1.165, 1.54) is 24.5 Å². The molecule has 1 heterocycles. The number of hydrogen-bond acceptors (Lipinski definition) is 3. The van der Waals surface area contributed by atoms with Gasteiger partial charge in [0, 0.05) is 11.6 Å². The van der Waals surface area contributed by atoms with Gasteiger partial charge < -0.3 is 0 Å².